The van der Waals surface area contributed by atoms with Crippen molar-refractivity contribution in [3.05, 3.63) is 95.8 Å². The Bertz CT molecular complexity index is 1120. The largest absolute Gasteiger partial charge is 0.391 e. The van der Waals surface area contributed by atoms with Gasteiger partial charge in [0.25, 0.3) is 0 Å². The van der Waals surface area contributed by atoms with E-state index in [1.807, 2.05) is 24.3 Å². The van der Waals surface area contributed by atoms with Gasteiger partial charge in [-0.1, -0.05) is 47.6 Å². The van der Waals surface area contributed by atoms with Crippen LogP contribution in [0.1, 0.15) is 29.5 Å². The van der Waals surface area contributed by atoms with Crippen molar-refractivity contribution < 1.29 is 14.7 Å². The highest BCUT2D eigenvalue weighted by molar-refractivity contribution is 6.01. The third-order valence-corrected chi connectivity index (χ3v) is 5.08. The topological polar surface area (TPSA) is 108 Å². The predicted molar refractivity (Wildman–Crippen MR) is 115 cm³/mol. The van der Waals surface area contributed by atoms with Crippen molar-refractivity contribution in [1.82, 2.24) is 4.98 Å². The summed E-state index contributed by atoms with van der Waals surface area (Å²) in [5, 5.41) is 27.3. The molecule has 31 heavy (non-hydrogen) atoms. The van der Waals surface area contributed by atoms with Gasteiger partial charge in [0.2, 0.25) is 11.5 Å². The number of anilines is 1. The van der Waals surface area contributed by atoms with Crippen LogP contribution in [0.5, 0.6) is 0 Å². The van der Waals surface area contributed by atoms with Gasteiger partial charge in [0.05, 0.1) is 12.1 Å². The summed E-state index contributed by atoms with van der Waals surface area (Å²) >= 11 is 0. The molecule has 0 aliphatic carbocycles. The first-order chi connectivity index (χ1) is 15.1. The van der Waals surface area contributed by atoms with Crippen LogP contribution in [0, 0.1) is 11.3 Å². The van der Waals surface area contributed by atoms with Crippen molar-refractivity contribution in [1.29, 1.82) is 5.26 Å². The van der Waals surface area contributed by atoms with E-state index in [2.05, 4.69) is 15.5 Å². The molecule has 0 bridgehead atoms. The molecule has 4 rings (SSSR count). The van der Waals surface area contributed by atoms with Crippen LogP contribution in [0.3, 0.4) is 0 Å². The number of nitrogens with one attached hydrogen (secondary N) is 1. The van der Waals surface area contributed by atoms with Crippen molar-refractivity contribution >= 4 is 17.3 Å². The Kier molecular flexibility index (Phi) is 5.74. The third kappa shape index (κ3) is 4.44. The van der Waals surface area contributed by atoms with Gasteiger partial charge >= 0.3 is 0 Å². The summed E-state index contributed by atoms with van der Waals surface area (Å²) in [6.45, 7) is 0. The maximum absolute atomic E-state index is 12.4. The molecule has 0 fully saturated rings. The highest BCUT2D eigenvalue weighted by Gasteiger charge is 2.31. The van der Waals surface area contributed by atoms with E-state index in [9.17, 15) is 15.2 Å². The maximum Gasteiger partial charge on any atom is 0.228 e. The summed E-state index contributed by atoms with van der Waals surface area (Å²) in [4.78, 5) is 21.9. The number of nitrogens with zero attached hydrogens (tertiary/aromatic N) is 3. The Morgan fingerprint density at radius 3 is 2.55 bits per heavy atom. The molecule has 1 aliphatic heterocycles. The average molecular weight is 412 g/mol. The van der Waals surface area contributed by atoms with Crippen LogP contribution in [0.15, 0.2) is 84.3 Å². The van der Waals surface area contributed by atoms with Gasteiger partial charge in [0, 0.05) is 41.2 Å². The Morgan fingerprint density at radius 2 is 1.87 bits per heavy atom. The molecule has 2 unspecified atom stereocenters. The number of carbonyl (C=O) groups excluding carboxylic acids is 1. The van der Waals surface area contributed by atoms with E-state index < -0.39 is 5.60 Å². The van der Waals surface area contributed by atoms with Crippen LogP contribution >= 0.6 is 0 Å². The van der Waals surface area contributed by atoms with Crippen molar-refractivity contribution in [2.75, 3.05) is 5.32 Å². The summed E-state index contributed by atoms with van der Waals surface area (Å²) < 4.78 is 0. The lowest BCUT2D eigenvalue weighted by atomic mass is 9.88. The second-order valence-corrected chi connectivity index (χ2v) is 7.23. The molecule has 3 aromatic rings. The van der Waals surface area contributed by atoms with Crippen LogP contribution in [0.4, 0.5) is 5.69 Å². The third-order valence-electron chi connectivity index (χ3n) is 5.08. The number of nitriles is 1. The molecule has 2 heterocycles. The lowest BCUT2D eigenvalue weighted by Crippen LogP contribution is -2.25. The molecule has 1 amide bonds. The van der Waals surface area contributed by atoms with Crippen LogP contribution in [-0.2, 0) is 15.2 Å². The number of aromatic nitrogens is 1. The summed E-state index contributed by atoms with van der Waals surface area (Å²) in [7, 11) is 0. The molecule has 7 heteroatoms. The molecule has 1 aliphatic rings. The molecule has 0 spiro atoms. The fraction of sp³-hybridized carbons (Fsp3) is 0.167. The van der Waals surface area contributed by atoms with Crippen molar-refractivity contribution in [2.45, 2.75) is 24.5 Å². The molecule has 0 radical (unpaired) electrons. The molecular formula is C24H20N4O3. The normalized spacial score (nSPS) is 17.0. The number of hydrogen-bond acceptors (Lipinski definition) is 6. The molecule has 2 atom stereocenters. The van der Waals surface area contributed by atoms with Crippen LogP contribution in [-0.4, -0.2) is 27.8 Å². The van der Waals surface area contributed by atoms with E-state index in [1.165, 1.54) is 0 Å². The maximum atomic E-state index is 12.4. The Morgan fingerprint density at radius 1 is 1.13 bits per heavy atom. The van der Waals surface area contributed by atoms with E-state index >= 15 is 0 Å². The van der Waals surface area contributed by atoms with Crippen LogP contribution in [0.25, 0.3) is 0 Å². The second kappa shape index (κ2) is 8.78. The van der Waals surface area contributed by atoms with Crippen molar-refractivity contribution in [3.63, 3.8) is 0 Å². The molecule has 2 N–H and O–H groups in total. The van der Waals surface area contributed by atoms with E-state index in [-0.39, 0.29) is 18.4 Å². The Labute approximate surface area is 179 Å². The van der Waals surface area contributed by atoms with E-state index in [4.69, 9.17) is 4.84 Å². The zero-order chi connectivity index (χ0) is 21.7. The summed E-state index contributed by atoms with van der Waals surface area (Å²) in [6.07, 6.45) is 3.75. The van der Waals surface area contributed by atoms with Gasteiger partial charge in [-0.2, -0.15) is 5.26 Å². The minimum atomic E-state index is -1.76. The Balaban J connectivity index is 1.36. The number of rotatable bonds is 6. The number of pyridine rings is 1. The zero-order valence-corrected chi connectivity index (χ0v) is 16.6. The number of amides is 1. The molecule has 7 nitrogen and oxygen atoms in total. The fourth-order valence-corrected chi connectivity index (χ4v) is 3.43. The highest BCUT2D eigenvalue weighted by Crippen LogP contribution is 2.29. The number of benzene rings is 2. The molecule has 2 aromatic carbocycles. The number of aliphatic hydroxyl groups is 1. The minimum Gasteiger partial charge on any atom is -0.391 e. The van der Waals surface area contributed by atoms with Gasteiger partial charge < -0.3 is 15.3 Å². The monoisotopic (exact) mass is 412 g/mol. The van der Waals surface area contributed by atoms with E-state index in [1.54, 1.807) is 60.9 Å². The average Bonchev–Trinajstić information content (AvgIpc) is 3.28. The van der Waals surface area contributed by atoms with Crippen molar-refractivity contribution in [2.24, 2.45) is 5.16 Å². The van der Waals surface area contributed by atoms with Crippen molar-refractivity contribution in [3.8, 4) is 6.07 Å². The number of hydrogen-bond donors (Lipinski definition) is 2. The SMILES string of the molecule is N#CC(O)(c1ccccc1)c1ccc(NC(=O)CC2CC(c3cccnc3)=NO2)cc1. The lowest BCUT2D eigenvalue weighted by Gasteiger charge is -2.21. The van der Waals surface area contributed by atoms with E-state index in [0.29, 0.717) is 23.2 Å². The Hall–Kier alpha value is -4.02. The second-order valence-electron chi connectivity index (χ2n) is 7.23. The first-order valence-electron chi connectivity index (χ1n) is 9.81. The summed E-state index contributed by atoms with van der Waals surface area (Å²) in [6, 6.07) is 21.0. The molecule has 0 saturated heterocycles. The zero-order valence-electron chi connectivity index (χ0n) is 16.6. The standard InChI is InChI=1S/C24H20N4O3/c25-16-24(30,18-6-2-1-3-7-18)19-8-10-20(11-9-19)27-23(29)14-21-13-22(28-31-21)17-5-4-12-26-15-17/h1-12,15,21,30H,13-14H2,(H,27,29). The van der Waals surface area contributed by atoms with Gasteiger partial charge in [-0.3, -0.25) is 9.78 Å². The molecule has 0 saturated carbocycles. The first kappa shape index (κ1) is 20.3. The molecule has 1 aromatic heterocycles. The number of carbonyl (C=O) groups is 1. The van der Waals surface area contributed by atoms with Gasteiger partial charge in [0.15, 0.2) is 0 Å². The minimum absolute atomic E-state index is 0.154. The highest BCUT2D eigenvalue weighted by atomic mass is 16.6. The smallest absolute Gasteiger partial charge is 0.228 e. The summed E-state index contributed by atoms with van der Waals surface area (Å²) in [5.74, 6) is -0.209. The first-order valence-corrected chi connectivity index (χ1v) is 9.81. The predicted octanol–water partition coefficient (Wildman–Crippen LogP) is 3.36. The van der Waals surface area contributed by atoms with Crippen LogP contribution < -0.4 is 5.32 Å². The van der Waals surface area contributed by atoms with Crippen LogP contribution in [0.2, 0.25) is 0 Å². The molecule has 154 valence electrons. The van der Waals surface area contributed by atoms with Gasteiger partial charge in [-0.15, -0.1) is 0 Å². The quantitative estimate of drug-likeness (QED) is 0.604. The van der Waals surface area contributed by atoms with Gasteiger partial charge in [-0.05, 0) is 24.3 Å². The summed E-state index contributed by atoms with van der Waals surface area (Å²) in [5.41, 5.74) is 1.36. The molecular weight excluding hydrogens is 392 g/mol. The van der Waals surface area contributed by atoms with Gasteiger partial charge in [0.1, 0.15) is 12.2 Å². The van der Waals surface area contributed by atoms with E-state index in [0.717, 1.165) is 11.3 Å². The lowest BCUT2D eigenvalue weighted by molar-refractivity contribution is -0.118. The fourth-order valence-electron chi connectivity index (χ4n) is 3.43. The number of oxime groups is 1. The van der Waals surface area contributed by atoms with Gasteiger partial charge in [-0.25, -0.2) is 0 Å².